The molecule has 7 rings (SSSR count). The maximum Gasteiger partial charge on any atom is 0.325 e. The minimum Gasteiger partial charge on any atom is -0.296 e. The van der Waals surface area contributed by atoms with E-state index in [9.17, 15) is 9.59 Å². The van der Waals surface area contributed by atoms with Crippen molar-refractivity contribution in [3.05, 3.63) is 132 Å². The average Bonchev–Trinajstić information content (AvgIpc) is 3.54. The Hall–Kier alpha value is -5.37. The van der Waals surface area contributed by atoms with E-state index < -0.39 is 17.5 Å². The van der Waals surface area contributed by atoms with E-state index >= 15 is 0 Å². The lowest BCUT2D eigenvalue weighted by Gasteiger charge is -2.35. The molecule has 1 fully saturated rings. The summed E-state index contributed by atoms with van der Waals surface area (Å²) in [6, 6.07) is 34.0. The second-order valence-corrected chi connectivity index (χ2v) is 9.44. The van der Waals surface area contributed by atoms with E-state index in [2.05, 4.69) is 15.6 Å². The molecule has 8 heteroatoms. The molecule has 3 amide bonds. The maximum atomic E-state index is 13.6. The van der Waals surface area contributed by atoms with E-state index in [-0.39, 0.29) is 6.54 Å². The fourth-order valence-corrected chi connectivity index (χ4v) is 5.53. The topological polar surface area (TPSA) is 93.0 Å². The number of amides is 3. The summed E-state index contributed by atoms with van der Waals surface area (Å²) in [6.07, 6.45) is 1.81. The molecule has 0 spiro atoms. The molecule has 39 heavy (non-hydrogen) atoms. The minimum atomic E-state index is -1.35. The number of hydrogen-bond donors (Lipinski definition) is 1. The van der Waals surface area contributed by atoms with Crippen LogP contribution in [0.2, 0.25) is 0 Å². The van der Waals surface area contributed by atoms with Crippen LogP contribution >= 0.6 is 0 Å². The SMILES string of the molecule is O=C1NC(=O)C(c2ccccc2)(c2ccccc2)N1Cc1cn(-c2c3ccccc3nc3ccccc23)nn1. The molecule has 1 aliphatic rings. The van der Waals surface area contributed by atoms with Crippen molar-refractivity contribution in [1.82, 2.24) is 30.2 Å². The third-order valence-electron chi connectivity index (χ3n) is 7.23. The quantitative estimate of drug-likeness (QED) is 0.261. The van der Waals surface area contributed by atoms with Gasteiger partial charge in [-0.1, -0.05) is 102 Å². The number of imide groups is 1. The van der Waals surface area contributed by atoms with Gasteiger partial charge in [0.1, 0.15) is 5.69 Å². The second kappa shape index (κ2) is 8.88. The summed E-state index contributed by atoms with van der Waals surface area (Å²) < 4.78 is 1.73. The molecule has 2 aromatic heterocycles. The molecule has 1 N–H and O–H groups in total. The lowest BCUT2D eigenvalue weighted by molar-refractivity contribution is -0.125. The number of nitrogens with one attached hydrogen (secondary N) is 1. The fourth-order valence-electron chi connectivity index (χ4n) is 5.53. The highest BCUT2D eigenvalue weighted by Gasteiger charge is 2.55. The summed E-state index contributed by atoms with van der Waals surface area (Å²) >= 11 is 0. The van der Waals surface area contributed by atoms with Gasteiger partial charge >= 0.3 is 6.03 Å². The number of rotatable bonds is 5. The van der Waals surface area contributed by atoms with Crippen LogP contribution in [-0.4, -0.2) is 36.8 Å². The number of pyridine rings is 1. The van der Waals surface area contributed by atoms with Crippen molar-refractivity contribution in [2.75, 3.05) is 0 Å². The van der Waals surface area contributed by atoms with E-state index in [0.717, 1.165) is 27.5 Å². The van der Waals surface area contributed by atoms with Gasteiger partial charge in [-0.15, -0.1) is 5.10 Å². The predicted molar refractivity (Wildman–Crippen MR) is 147 cm³/mol. The molecule has 0 aliphatic carbocycles. The molecule has 1 saturated heterocycles. The van der Waals surface area contributed by atoms with Crippen molar-refractivity contribution in [2.45, 2.75) is 12.1 Å². The van der Waals surface area contributed by atoms with Gasteiger partial charge in [0.05, 0.1) is 29.5 Å². The van der Waals surface area contributed by atoms with Gasteiger partial charge in [-0.25, -0.2) is 14.5 Å². The number of carbonyl (C=O) groups excluding carboxylic acids is 2. The van der Waals surface area contributed by atoms with Crippen molar-refractivity contribution < 1.29 is 9.59 Å². The first kappa shape index (κ1) is 22.8. The highest BCUT2D eigenvalue weighted by atomic mass is 16.2. The Bertz CT molecular complexity index is 1770. The van der Waals surface area contributed by atoms with Crippen LogP contribution in [-0.2, 0) is 16.9 Å². The maximum absolute atomic E-state index is 13.6. The largest absolute Gasteiger partial charge is 0.325 e. The van der Waals surface area contributed by atoms with Gasteiger partial charge < -0.3 is 0 Å². The van der Waals surface area contributed by atoms with Crippen LogP contribution in [0.3, 0.4) is 0 Å². The fraction of sp³-hybridized carbons (Fsp3) is 0.0645. The first-order chi connectivity index (χ1) is 19.2. The lowest BCUT2D eigenvalue weighted by Crippen LogP contribution is -2.47. The van der Waals surface area contributed by atoms with E-state index in [1.807, 2.05) is 115 Å². The van der Waals surface area contributed by atoms with E-state index in [1.54, 1.807) is 4.68 Å². The number of carbonyl (C=O) groups is 2. The van der Waals surface area contributed by atoms with Crippen LogP contribution < -0.4 is 5.32 Å². The van der Waals surface area contributed by atoms with Gasteiger partial charge in [0.2, 0.25) is 0 Å². The minimum absolute atomic E-state index is 0.0717. The van der Waals surface area contributed by atoms with Gasteiger partial charge in [0, 0.05) is 10.8 Å². The summed E-state index contributed by atoms with van der Waals surface area (Å²) in [5.41, 5.74) is 3.13. The Morgan fingerprint density at radius 3 is 1.82 bits per heavy atom. The van der Waals surface area contributed by atoms with Crippen LogP contribution in [0.5, 0.6) is 0 Å². The summed E-state index contributed by atoms with van der Waals surface area (Å²) in [5, 5.41) is 13.3. The number of fused-ring (bicyclic) bond motifs is 2. The smallest absolute Gasteiger partial charge is 0.296 e. The summed E-state index contributed by atoms with van der Waals surface area (Å²) in [7, 11) is 0. The standard InChI is InChI=1S/C31H22N6O2/c38-29-31(21-11-3-1-4-12-21,22-13-5-2-6-14-22)36(30(39)33-29)19-23-20-37(35-34-23)28-24-15-7-9-17-26(24)32-27-18-10-8-16-25(27)28/h1-18,20H,19H2,(H,33,38,39). The third-order valence-corrected chi connectivity index (χ3v) is 7.23. The number of hydrogen-bond acceptors (Lipinski definition) is 5. The van der Waals surface area contributed by atoms with E-state index in [0.29, 0.717) is 16.8 Å². The van der Waals surface area contributed by atoms with Gasteiger partial charge in [-0.3, -0.25) is 15.0 Å². The molecule has 1 aliphatic heterocycles. The normalized spacial score (nSPS) is 14.7. The first-order valence-corrected chi connectivity index (χ1v) is 12.6. The van der Waals surface area contributed by atoms with Crippen molar-refractivity contribution in [1.29, 1.82) is 0 Å². The Labute approximate surface area is 223 Å². The summed E-state index contributed by atoms with van der Waals surface area (Å²) in [4.78, 5) is 33.3. The zero-order chi connectivity index (χ0) is 26.4. The number of urea groups is 1. The second-order valence-electron chi connectivity index (χ2n) is 9.44. The van der Waals surface area contributed by atoms with Crippen molar-refractivity contribution in [2.24, 2.45) is 0 Å². The molecule has 0 radical (unpaired) electrons. The van der Waals surface area contributed by atoms with E-state index in [1.165, 1.54) is 4.90 Å². The molecule has 0 saturated carbocycles. The van der Waals surface area contributed by atoms with E-state index in [4.69, 9.17) is 4.98 Å². The number of benzene rings is 4. The van der Waals surface area contributed by atoms with Crippen LogP contribution in [0.1, 0.15) is 16.8 Å². The number of nitrogens with zero attached hydrogens (tertiary/aromatic N) is 5. The predicted octanol–water partition coefficient (Wildman–Crippen LogP) is 4.96. The molecular weight excluding hydrogens is 488 g/mol. The van der Waals surface area contributed by atoms with Crippen molar-refractivity contribution in [3.63, 3.8) is 0 Å². The van der Waals surface area contributed by atoms with Gasteiger partial charge in [-0.05, 0) is 23.3 Å². The zero-order valence-corrected chi connectivity index (χ0v) is 20.7. The molecule has 3 heterocycles. The van der Waals surface area contributed by atoms with Crippen molar-refractivity contribution >= 4 is 33.7 Å². The average molecular weight is 511 g/mol. The molecular formula is C31H22N6O2. The molecule has 8 nitrogen and oxygen atoms in total. The third kappa shape index (κ3) is 3.49. The zero-order valence-electron chi connectivity index (χ0n) is 20.7. The first-order valence-electron chi connectivity index (χ1n) is 12.6. The molecule has 4 aromatic carbocycles. The van der Waals surface area contributed by atoms with Gasteiger partial charge in [-0.2, -0.15) is 0 Å². The molecule has 6 aromatic rings. The molecule has 188 valence electrons. The van der Waals surface area contributed by atoms with Gasteiger partial charge in [0.25, 0.3) is 5.91 Å². The lowest BCUT2D eigenvalue weighted by atomic mass is 9.81. The van der Waals surface area contributed by atoms with Crippen LogP contribution in [0.15, 0.2) is 115 Å². The Kier molecular flexibility index (Phi) is 5.19. The summed E-state index contributed by atoms with van der Waals surface area (Å²) in [6.45, 7) is 0.0717. The van der Waals surface area contributed by atoms with Crippen LogP contribution in [0, 0.1) is 0 Å². The van der Waals surface area contributed by atoms with Gasteiger partial charge in [0.15, 0.2) is 5.54 Å². The van der Waals surface area contributed by atoms with Crippen molar-refractivity contribution in [3.8, 4) is 5.69 Å². The molecule has 0 atom stereocenters. The Morgan fingerprint density at radius 2 is 1.23 bits per heavy atom. The number of para-hydroxylation sites is 2. The van der Waals surface area contributed by atoms with Crippen LogP contribution in [0.4, 0.5) is 4.79 Å². The molecule has 0 bridgehead atoms. The molecule has 0 unspecified atom stereocenters. The highest BCUT2D eigenvalue weighted by molar-refractivity contribution is 6.09. The summed E-state index contributed by atoms with van der Waals surface area (Å²) in [5.74, 6) is -0.400. The highest BCUT2D eigenvalue weighted by Crippen LogP contribution is 2.40. The Morgan fingerprint density at radius 1 is 0.692 bits per heavy atom. The Balaban J connectivity index is 1.36. The van der Waals surface area contributed by atoms with Crippen LogP contribution in [0.25, 0.3) is 27.5 Å². The monoisotopic (exact) mass is 510 g/mol. The number of aromatic nitrogens is 4.